The Kier molecular flexibility index (Phi) is 5.16. The zero-order valence-electron chi connectivity index (χ0n) is 16.8. The van der Waals surface area contributed by atoms with Crippen molar-refractivity contribution in [3.63, 3.8) is 0 Å². The molecule has 0 radical (unpaired) electrons. The number of carbonyl (C=O) groups excluding carboxylic acids is 1. The van der Waals surface area contributed by atoms with Gasteiger partial charge in [-0.25, -0.2) is 8.42 Å². The first-order valence-electron chi connectivity index (χ1n) is 11.0. The summed E-state index contributed by atoms with van der Waals surface area (Å²) < 4.78 is 33.1. The number of nitrogens with one attached hydrogen (secondary N) is 1. The Bertz CT molecular complexity index is 846. The molecule has 1 aromatic heterocycles. The fourth-order valence-corrected chi connectivity index (χ4v) is 7.27. The monoisotopic (exact) mass is 422 g/mol. The van der Waals surface area contributed by atoms with Crippen molar-refractivity contribution in [1.29, 1.82) is 0 Å². The van der Waals surface area contributed by atoms with Crippen LogP contribution in [0.2, 0.25) is 0 Å². The fraction of sp³-hybridized carbons (Fsp3) is 0.800. The predicted molar refractivity (Wildman–Crippen MR) is 107 cm³/mol. The standard InChI is InChI=1S/C20H30N4O4S/c25-20(18-13-19(28-22-18)14-3-4-14)21-15-11-16-5-6-17(12-15)24(16)29(26,27)10-9-23-7-1-2-8-23/h13-17H,1-12H2,(H,21,25)/t15-,16+,17-. The third kappa shape index (κ3) is 4.09. The average molecular weight is 423 g/mol. The lowest BCUT2D eigenvalue weighted by Crippen LogP contribution is -2.53. The summed E-state index contributed by atoms with van der Waals surface area (Å²) in [6, 6.07) is 1.74. The van der Waals surface area contributed by atoms with Crippen LogP contribution in [0.25, 0.3) is 0 Å². The van der Waals surface area contributed by atoms with Crippen molar-refractivity contribution >= 4 is 15.9 Å². The van der Waals surface area contributed by atoms with E-state index in [0.717, 1.165) is 44.5 Å². The Labute approximate surface area is 172 Å². The summed E-state index contributed by atoms with van der Waals surface area (Å²) in [6.45, 7) is 2.66. The van der Waals surface area contributed by atoms with E-state index in [9.17, 15) is 13.2 Å². The molecule has 8 nitrogen and oxygen atoms in total. The molecule has 0 spiro atoms. The first kappa shape index (κ1) is 19.5. The van der Waals surface area contributed by atoms with E-state index in [0.29, 0.717) is 31.0 Å². The molecule has 160 valence electrons. The number of hydrogen-bond donors (Lipinski definition) is 1. The SMILES string of the molecule is O=C(N[C@H]1C[C@H]2CC[C@@H](C1)N2S(=O)(=O)CCN1CCCC1)c1cc(C2CC2)on1. The highest BCUT2D eigenvalue weighted by atomic mass is 32.2. The zero-order valence-corrected chi connectivity index (χ0v) is 17.6. The third-order valence-corrected chi connectivity index (χ3v) is 8.86. The van der Waals surface area contributed by atoms with Crippen molar-refractivity contribution in [3.05, 3.63) is 17.5 Å². The molecule has 0 unspecified atom stereocenters. The summed E-state index contributed by atoms with van der Waals surface area (Å²) in [5.41, 5.74) is 0.333. The molecule has 3 saturated heterocycles. The van der Waals surface area contributed by atoms with E-state index >= 15 is 0 Å². The van der Waals surface area contributed by atoms with Crippen LogP contribution in [0.1, 0.15) is 73.5 Å². The Morgan fingerprint density at radius 3 is 2.48 bits per heavy atom. The van der Waals surface area contributed by atoms with Crippen LogP contribution in [0, 0.1) is 0 Å². The number of hydrogen-bond acceptors (Lipinski definition) is 6. The smallest absolute Gasteiger partial charge is 0.273 e. The number of likely N-dealkylation sites (tertiary alicyclic amines) is 1. The van der Waals surface area contributed by atoms with Crippen LogP contribution in [0.15, 0.2) is 10.6 Å². The van der Waals surface area contributed by atoms with Crippen LogP contribution in [0.4, 0.5) is 0 Å². The molecule has 1 amide bonds. The van der Waals surface area contributed by atoms with Gasteiger partial charge in [-0.1, -0.05) is 5.16 Å². The number of sulfonamides is 1. The summed E-state index contributed by atoms with van der Waals surface area (Å²) in [4.78, 5) is 14.8. The van der Waals surface area contributed by atoms with Gasteiger partial charge in [0.1, 0.15) is 5.76 Å². The van der Waals surface area contributed by atoms with Crippen molar-refractivity contribution in [2.24, 2.45) is 0 Å². The maximum Gasteiger partial charge on any atom is 0.273 e. The Morgan fingerprint density at radius 1 is 1.14 bits per heavy atom. The lowest BCUT2D eigenvalue weighted by molar-refractivity contribution is 0.0900. The molecule has 4 heterocycles. The molecule has 3 atom stereocenters. The Balaban J connectivity index is 1.18. The molecule has 1 aromatic rings. The van der Waals surface area contributed by atoms with Crippen molar-refractivity contribution in [1.82, 2.24) is 19.7 Å². The molecule has 5 rings (SSSR count). The van der Waals surface area contributed by atoms with Gasteiger partial charge in [0.2, 0.25) is 10.0 Å². The van der Waals surface area contributed by atoms with Crippen LogP contribution in [0.3, 0.4) is 0 Å². The van der Waals surface area contributed by atoms with Crippen LogP contribution >= 0.6 is 0 Å². The predicted octanol–water partition coefficient (Wildman–Crippen LogP) is 1.70. The number of aromatic nitrogens is 1. The summed E-state index contributed by atoms with van der Waals surface area (Å²) in [5, 5.41) is 6.98. The highest BCUT2D eigenvalue weighted by Crippen LogP contribution is 2.40. The van der Waals surface area contributed by atoms with Gasteiger partial charge in [0.15, 0.2) is 5.69 Å². The third-order valence-electron chi connectivity index (χ3n) is 6.93. The number of fused-ring (bicyclic) bond motifs is 2. The minimum absolute atomic E-state index is 0.00182. The Hall–Kier alpha value is -1.45. The number of rotatable bonds is 7. The van der Waals surface area contributed by atoms with E-state index < -0.39 is 10.0 Å². The molecule has 2 bridgehead atoms. The molecule has 9 heteroatoms. The van der Waals surface area contributed by atoms with Gasteiger partial charge in [-0.3, -0.25) is 4.79 Å². The van der Waals surface area contributed by atoms with Crippen molar-refractivity contribution in [2.75, 3.05) is 25.4 Å². The van der Waals surface area contributed by atoms with Gasteiger partial charge in [-0.15, -0.1) is 0 Å². The molecule has 1 saturated carbocycles. The summed E-state index contributed by atoms with van der Waals surface area (Å²) in [5.74, 6) is 1.22. The van der Waals surface area contributed by atoms with Gasteiger partial charge < -0.3 is 14.7 Å². The van der Waals surface area contributed by atoms with Gasteiger partial charge in [0, 0.05) is 36.7 Å². The number of carbonyl (C=O) groups is 1. The molecule has 1 N–H and O–H groups in total. The summed E-state index contributed by atoms with van der Waals surface area (Å²) >= 11 is 0. The first-order valence-corrected chi connectivity index (χ1v) is 12.6. The highest BCUT2D eigenvalue weighted by molar-refractivity contribution is 7.89. The van der Waals surface area contributed by atoms with E-state index in [1.165, 1.54) is 12.8 Å². The second-order valence-corrected chi connectivity index (χ2v) is 11.1. The van der Waals surface area contributed by atoms with Crippen molar-refractivity contribution < 1.29 is 17.7 Å². The van der Waals surface area contributed by atoms with Gasteiger partial charge in [-0.2, -0.15) is 4.31 Å². The van der Waals surface area contributed by atoms with E-state index in [2.05, 4.69) is 15.4 Å². The number of piperidine rings is 1. The maximum atomic E-state index is 13.0. The minimum Gasteiger partial charge on any atom is -0.360 e. The van der Waals surface area contributed by atoms with Gasteiger partial charge in [0.05, 0.1) is 5.75 Å². The topological polar surface area (TPSA) is 95.8 Å². The minimum atomic E-state index is -3.26. The second-order valence-electron chi connectivity index (χ2n) is 9.11. The van der Waals surface area contributed by atoms with Crippen LogP contribution in [-0.4, -0.2) is 72.2 Å². The molecule has 0 aromatic carbocycles. The van der Waals surface area contributed by atoms with Gasteiger partial charge in [-0.05, 0) is 64.5 Å². The van der Waals surface area contributed by atoms with Crippen LogP contribution < -0.4 is 5.32 Å². The second kappa shape index (κ2) is 7.67. The van der Waals surface area contributed by atoms with Gasteiger partial charge >= 0.3 is 0 Å². The van der Waals surface area contributed by atoms with Crippen molar-refractivity contribution in [3.8, 4) is 0 Å². The molecular weight excluding hydrogens is 392 g/mol. The molecule has 4 aliphatic rings. The zero-order chi connectivity index (χ0) is 20.0. The number of amides is 1. The summed E-state index contributed by atoms with van der Waals surface area (Å²) in [6.07, 6.45) is 7.67. The average Bonchev–Trinajstić information content (AvgIpc) is 3.10. The summed E-state index contributed by atoms with van der Waals surface area (Å²) in [7, 11) is -3.26. The lowest BCUT2D eigenvalue weighted by Gasteiger charge is -2.38. The van der Waals surface area contributed by atoms with Crippen LogP contribution in [-0.2, 0) is 10.0 Å². The van der Waals surface area contributed by atoms with E-state index in [1.54, 1.807) is 10.4 Å². The number of nitrogens with zero attached hydrogens (tertiary/aromatic N) is 3. The fourth-order valence-electron chi connectivity index (χ4n) is 5.28. The quantitative estimate of drug-likeness (QED) is 0.719. The Morgan fingerprint density at radius 2 is 1.83 bits per heavy atom. The van der Waals surface area contributed by atoms with E-state index in [4.69, 9.17) is 4.52 Å². The molecule has 29 heavy (non-hydrogen) atoms. The molecule has 4 fully saturated rings. The largest absolute Gasteiger partial charge is 0.360 e. The maximum absolute atomic E-state index is 13.0. The molecule has 1 aliphatic carbocycles. The lowest BCUT2D eigenvalue weighted by atomic mass is 9.99. The molecular formula is C20H30N4O4S. The first-order chi connectivity index (χ1) is 14.0. The van der Waals surface area contributed by atoms with Crippen molar-refractivity contribution in [2.45, 2.75) is 75.4 Å². The van der Waals surface area contributed by atoms with E-state index in [-0.39, 0.29) is 29.8 Å². The van der Waals surface area contributed by atoms with E-state index in [1.807, 2.05) is 0 Å². The highest BCUT2D eigenvalue weighted by Gasteiger charge is 2.47. The van der Waals surface area contributed by atoms with Crippen LogP contribution in [0.5, 0.6) is 0 Å². The molecule has 3 aliphatic heterocycles. The normalized spacial score (nSPS) is 30.7. The van der Waals surface area contributed by atoms with Gasteiger partial charge in [0.25, 0.3) is 5.91 Å².